The minimum atomic E-state index is 0.000561. The SMILES string of the molecule is CCNCC(CCOC(C)(C)C)CC(C)C. The first-order chi connectivity index (χ1) is 7.35. The van der Waals surface area contributed by atoms with Crippen LogP contribution in [0.1, 0.15) is 54.4 Å². The summed E-state index contributed by atoms with van der Waals surface area (Å²) in [5.41, 5.74) is 0.000561. The Morgan fingerprint density at radius 2 is 1.81 bits per heavy atom. The summed E-state index contributed by atoms with van der Waals surface area (Å²) < 4.78 is 5.79. The Bertz CT molecular complexity index is 161. The van der Waals surface area contributed by atoms with Crippen molar-refractivity contribution in [3.05, 3.63) is 0 Å². The van der Waals surface area contributed by atoms with Crippen molar-refractivity contribution in [1.82, 2.24) is 5.32 Å². The molecule has 1 unspecified atom stereocenters. The van der Waals surface area contributed by atoms with Crippen LogP contribution in [0.2, 0.25) is 0 Å². The molecule has 0 rings (SSSR count). The van der Waals surface area contributed by atoms with E-state index in [1.54, 1.807) is 0 Å². The minimum Gasteiger partial charge on any atom is -0.376 e. The van der Waals surface area contributed by atoms with E-state index in [1.807, 2.05) is 0 Å². The van der Waals surface area contributed by atoms with Crippen molar-refractivity contribution < 1.29 is 4.74 Å². The number of ether oxygens (including phenoxy) is 1. The van der Waals surface area contributed by atoms with E-state index in [2.05, 4.69) is 46.9 Å². The van der Waals surface area contributed by atoms with Gasteiger partial charge in [0.15, 0.2) is 0 Å². The summed E-state index contributed by atoms with van der Waals surface area (Å²) in [5.74, 6) is 1.53. The van der Waals surface area contributed by atoms with Crippen molar-refractivity contribution in [3.63, 3.8) is 0 Å². The van der Waals surface area contributed by atoms with Gasteiger partial charge in [0.25, 0.3) is 0 Å². The number of rotatable bonds is 8. The summed E-state index contributed by atoms with van der Waals surface area (Å²) >= 11 is 0. The summed E-state index contributed by atoms with van der Waals surface area (Å²) in [7, 11) is 0. The second-order valence-corrected chi connectivity index (χ2v) is 6.05. The average Bonchev–Trinajstić information content (AvgIpc) is 2.11. The van der Waals surface area contributed by atoms with Crippen molar-refractivity contribution in [2.75, 3.05) is 19.7 Å². The Balaban J connectivity index is 3.82. The van der Waals surface area contributed by atoms with Gasteiger partial charge in [-0.2, -0.15) is 0 Å². The van der Waals surface area contributed by atoms with E-state index in [0.717, 1.165) is 31.5 Å². The lowest BCUT2D eigenvalue weighted by Crippen LogP contribution is -2.27. The Labute approximate surface area is 102 Å². The normalized spacial score (nSPS) is 14.4. The van der Waals surface area contributed by atoms with Gasteiger partial charge < -0.3 is 10.1 Å². The third-order valence-corrected chi connectivity index (χ3v) is 2.55. The van der Waals surface area contributed by atoms with Crippen molar-refractivity contribution >= 4 is 0 Å². The van der Waals surface area contributed by atoms with Gasteiger partial charge in [-0.15, -0.1) is 0 Å². The van der Waals surface area contributed by atoms with Crippen LogP contribution in [0, 0.1) is 11.8 Å². The molecular formula is C14H31NO. The Hall–Kier alpha value is -0.0800. The lowest BCUT2D eigenvalue weighted by Gasteiger charge is -2.23. The molecule has 0 saturated carbocycles. The molecule has 0 fully saturated rings. The Kier molecular flexibility index (Phi) is 8.04. The van der Waals surface area contributed by atoms with Gasteiger partial charge >= 0.3 is 0 Å². The predicted octanol–water partition coefficient (Wildman–Crippen LogP) is 3.46. The summed E-state index contributed by atoms with van der Waals surface area (Å²) in [5, 5.41) is 3.45. The van der Waals surface area contributed by atoms with Gasteiger partial charge in [0, 0.05) is 6.61 Å². The number of nitrogens with one attached hydrogen (secondary N) is 1. The van der Waals surface area contributed by atoms with E-state index in [1.165, 1.54) is 12.8 Å². The molecule has 0 aliphatic rings. The first kappa shape index (κ1) is 15.9. The fourth-order valence-corrected chi connectivity index (χ4v) is 1.85. The summed E-state index contributed by atoms with van der Waals surface area (Å²) in [6, 6.07) is 0. The largest absolute Gasteiger partial charge is 0.376 e. The highest BCUT2D eigenvalue weighted by Gasteiger charge is 2.14. The fraction of sp³-hybridized carbons (Fsp3) is 1.00. The van der Waals surface area contributed by atoms with Gasteiger partial charge in [-0.1, -0.05) is 20.8 Å². The molecule has 1 N–H and O–H groups in total. The lowest BCUT2D eigenvalue weighted by atomic mass is 9.94. The molecule has 0 aromatic carbocycles. The van der Waals surface area contributed by atoms with Gasteiger partial charge in [0.05, 0.1) is 5.60 Å². The molecule has 16 heavy (non-hydrogen) atoms. The van der Waals surface area contributed by atoms with E-state index >= 15 is 0 Å². The van der Waals surface area contributed by atoms with Crippen molar-refractivity contribution in [3.8, 4) is 0 Å². The van der Waals surface area contributed by atoms with Gasteiger partial charge in [0.2, 0.25) is 0 Å². The highest BCUT2D eigenvalue weighted by molar-refractivity contribution is 4.66. The number of hydrogen-bond donors (Lipinski definition) is 1. The van der Waals surface area contributed by atoms with E-state index in [4.69, 9.17) is 4.74 Å². The summed E-state index contributed by atoms with van der Waals surface area (Å²) in [6.07, 6.45) is 2.46. The molecule has 0 amide bonds. The molecule has 0 aromatic heterocycles. The van der Waals surface area contributed by atoms with Crippen LogP contribution >= 0.6 is 0 Å². The summed E-state index contributed by atoms with van der Waals surface area (Å²) in [6.45, 7) is 16.2. The van der Waals surface area contributed by atoms with Crippen LogP contribution in [0.5, 0.6) is 0 Å². The van der Waals surface area contributed by atoms with Gasteiger partial charge in [0.1, 0.15) is 0 Å². The van der Waals surface area contributed by atoms with E-state index in [-0.39, 0.29) is 5.60 Å². The molecule has 1 atom stereocenters. The van der Waals surface area contributed by atoms with Crippen LogP contribution in [-0.4, -0.2) is 25.3 Å². The van der Waals surface area contributed by atoms with Gasteiger partial charge in [-0.25, -0.2) is 0 Å². The topological polar surface area (TPSA) is 21.3 Å². The van der Waals surface area contributed by atoms with E-state index in [9.17, 15) is 0 Å². The number of hydrogen-bond acceptors (Lipinski definition) is 2. The second kappa shape index (κ2) is 8.08. The van der Waals surface area contributed by atoms with Crippen LogP contribution in [0.25, 0.3) is 0 Å². The molecule has 0 spiro atoms. The quantitative estimate of drug-likeness (QED) is 0.688. The molecule has 0 radical (unpaired) electrons. The lowest BCUT2D eigenvalue weighted by molar-refractivity contribution is -0.0101. The zero-order valence-electron chi connectivity index (χ0n) is 12.1. The third kappa shape index (κ3) is 10.4. The first-order valence-corrected chi connectivity index (χ1v) is 6.69. The standard InChI is InChI=1S/C14H31NO/c1-7-15-11-13(10-12(2)3)8-9-16-14(4,5)6/h12-13,15H,7-11H2,1-6H3. The smallest absolute Gasteiger partial charge is 0.0598 e. The molecule has 0 aliphatic carbocycles. The van der Waals surface area contributed by atoms with Crippen LogP contribution in [-0.2, 0) is 4.74 Å². The highest BCUT2D eigenvalue weighted by Crippen LogP contribution is 2.16. The van der Waals surface area contributed by atoms with Crippen LogP contribution in [0.3, 0.4) is 0 Å². The molecular weight excluding hydrogens is 198 g/mol. The minimum absolute atomic E-state index is 0.000561. The summed E-state index contributed by atoms with van der Waals surface area (Å²) in [4.78, 5) is 0. The first-order valence-electron chi connectivity index (χ1n) is 6.69. The maximum Gasteiger partial charge on any atom is 0.0598 e. The van der Waals surface area contributed by atoms with Crippen LogP contribution < -0.4 is 5.32 Å². The Morgan fingerprint density at radius 3 is 2.25 bits per heavy atom. The molecule has 2 heteroatoms. The molecule has 0 bridgehead atoms. The predicted molar refractivity (Wildman–Crippen MR) is 71.8 cm³/mol. The van der Waals surface area contributed by atoms with Crippen LogP contribution in [0.4, 0.5) is 0 Å². The van der Waals surface area contributed by atoms with Gasteiger partial charge in [-0.3, -0.25) is 0 Å². The van der Waals surface area contributed by atoms with Crippen molar-refractivity contribution in [1.29, 1.82) is 0 Å². The zero-order valence-corrected chi connectivity index (χ0v) is 12.1. The molecule has 0 saturated heterocycles. The van der Waals surface area contributed by atoms with Crippen LogP contribution in [0.15, 0.2) is 0 Å². The maximum absolute atomic E-state index is 5.79. The second-order valence-electron chi connectivity index (χ2n) is 6.05. The Morgan fingerprint density at radius 1 is 1.19 bits per heavy atom. The van der Waals surface area contributed by atoms with Crippen molar-refractivity contribution in [2.24, 2.45) is 11.8 Å². The zero-order chi connectivity index (χ0) is 12.6. The molecule has 2 nitrogen and oxygen atoms in total. The van der Waals surface area contributed by atoms with Crippen molar-refractivity contribution in [2.45, 2.75) is 60.0 Å². The third-order valence-electron chi connectivity index (χ3n) is 2.55. The monoisotopic (exact) mass is 229 g/mol. The average molecular weight is 229 g/mol. The van der Waals surface area contributed by atoms with E-state index in [0.29, 0.717) is 0 Å². The molecule has 0 aromatic rings. The maximum atomic E-state index is 5.79. The molecule has 0 heterocycles. The van der Waals surface area contributed by atoms with Gasteiger partial charge in [-0.05, 0) is 58.5 Å². The highest BCUT2D eigenvalue weighted by atomic mass is 16.5. The fourth-order valence-electron chi connectivity index (χ4n) is 1.85. The molecule has 98 valence electrons. The molecule has 0 aliphatic heterocycles. The van der Waals surface area contributed by atoms with E-state index < -0.39 is 0 Å².